The Labute approximate surface area is 172 Å². The van der Waals surface area contributed by atoms with Crippen LogP contribution in [-0.2, 0) is 0 Å². The number of likely N-dealkylation sites (tertiary alicyclic amines) is 1. The molecule has 0 aliphatic carbocycles. The van der Waals surface area contributed by atoms with Crippen molar-refractivity contribution in [3.05, 3.63) is 59.0 Å². The van der Waals surface area contributed by atoms with E-state index < -0.39 is 0 Å². The third kappa shape index (κ3) is 3.49. The maximum absolute atomic E-state index is 13.0. The van der Waals surface area contributed by atoms with E-state index in [4.69, 9.17) is 9.47 Å². The van der Waals surface area contributed by atoms with Crippen molar-refractivity contribution in [2.75, 3.05) is 26.3 Å². The highest BCUT2D eigenvalue weighted by atomic mass is 32.1. The van der Waals surface area contributed by atoms with E-state index >= 15 is 0 Å². The summed E-state index contributed by atoms with van der Waals surface area (Å²) < 4.78 is 12.2. The Morgan fingerprint density at radius 1 is 0.931 bits per heavy atom. The molecule has 0 radical (unpaired) electrons. The standard InChI is InChI=1S/C23H21NO4S/c25-22(17-5-6-18-19(13-17)28-12-11-27-18)15-7-9-24(10-8-15)23(26)21-14-16-3-1-2-4-20(16)29-21/h1-6,13-15H,7-12H2. The van der Waals surface area contributed by atoms with Crippen molar-refractivity contribution in [2.45, 2.75) is 12.8 Å². The van der Waals surface area contributed by atoms with Gasteiger partial charge in [0.25, 0.3) is 5.91 Å². The van der Waals surface area contributed by atoms with Crippen molar-refractivity contribution in [3.63, 3.8) is 0 Å². The Morgan fingerprint density at radius 2 is 1.69 bits per heavy atom. The summed E-state index contributed by atoms with van der Waals surface area (Å²) in [6.07, 6.45) is 1.37. The lowest BCUT2D eigenvalue weighted by Crippen LogP contribution is -2.40. The number of carbonyl (C=O) groups excluding carboxylic acids is 2. The first-order chi connectivity index (χ1) is 14.2. The second kappa shape index (κ2) is 7.52. The van der Waals surface area contributed by atoms with Crippen LogP contribution in [0.5, 0.6) is 11.5 Å². The quantitative estimate of drug-likeness (QED) is 0.604. The van der Waals surface area contributed by atoms with E-state index in [1.165, 1.54) is 11.3 Å². The first kappa shape index (κ1) is 18.2. The van der Waals surface area contributed by atoms with E-state index in [1.54, 1.807) is 6.07 Å². The number of fused-ring (bicyclic) bond motifs is 2. The zero-order valence-electron chi connectivity index (χ0n) is 15.9. The molecule has 1 fully saturated rings. The van der Waals surface area contributed by atoms with Crippen molar-refractivity contribution in [3.8, 4) is 11.5 Å². The first-order valence-corrected chi connectivity index (χ1v) is 10.7. The largest absolute Gasteiger partial charge is 0.486 e. The minimum Gasteiger partial charge on any atom is -0.486 e. The van der Waals surface area contributed by atoms with Crippen molar-refractivity contribution >= 4 is 33.1 Å². The van der Waals surface area contributed by atoms with Crippen molar-refractivity contribution in [1.29, 1.82) is 0 Å². The maximum Gasteiger partial charge on any atom is 0.263 e. The molecule has 3 aromatic rings. The van der Waals surface area contributed by atoms with Gasteiger partial charge in [0.15, 0.2) is 17.3 Å². The molecule has 0 unspecified atom stereocenters. The molecule has 5 rings (SSSR count). The highest BCUT2D eigenvalue weighted by Gasteiger charge is 2.29. The number of rotatable bonds is 3. The van der Waals surface area contributed by atoms with E-state index in [1.807, 2.05) is 47.4 Å². The Bertz CT molecular complexity index is 1050. The lowest BCUT2D eigenvalue weighted by atomic mass is 9.88. The molecule has 5 nitrogen and oxygen atoms in total. The average molecular weight is 407 g/mol. The van der Waals surface area contributed by atoms with Gasteiger partial charge in [-0.1, -0.05) is 18.2 Å². The Morgan fingerprint density at radius 3 is 2.48 bits per heavy atom. The molecule has 0 spiro atoms. The summed E-state index contributed by atoms with van der Waals surface area (Å²) in [7, 11) is 0. The molecule has 1 aromatic heterocycles. The van der Waals surface area contributed by atoms with Crippen LogP contribution >= 0.6 is 11.3 Å². The van der Waals surface area contributed by atoms with Crippen LogP contribution in [0, 0.1) is 5.92 Å². The van der Waals surface area contributed by atoms with Crippen LogP contribution in [0.3, 0.4) is 0 Å². The highest BCUT2D eigenvalue weighted by Crippen LogP contribution is 2.33. The zero-order chi connectivity index (χ0) is 19.8. The molecule has 148 valence electrons. The van der Waals surface area contributed by atoms with Gasteiger partial charge in [0.2, 0.25) is 0 Å². The van der Waals surface area contributed by atoms with Crippen LogP contribution in [-0.4, -0.2) is 42.9 Å². The van der Waals surface area contributed by atoms with Crippen LogP contribution in [0.1, 0.15) is 32.9 Å². The number of thiophene rings is 1. The third-order valence-corrected chi connectivity index (χ3v) is 6.72. The fourth-order valence-electron chi connectivity index (χ4n) is 4.02. The molecule has 29 heavy (non-hydrogen) atoms. The Kier molecular flexibility index (Phi) is 4.72. The predicted molar refractivity (Wildman–Crippen MR) is 112 cm³/mol. The van der Waals surface area contributed by atoms with Crippen LogP contribution in [0.15, 0.2) is 48.5 Å². The molecular formula is C23H21NO4S. The number of ether oxygens (including phenoxy) is 2. The SMILES string of the molecule is O=C(c1ccc2c(c1)OCCO2)C1CCN(C(=O)c2cc3ccccc3s2)CC1. The number of Topliss-reactive ketones (excluding diaryl/α,β-unsaturated/α-hetero) is 1. The summed E-state index contributed by atoms with van der Waals surface area (Å²) in [6.45, 7) is 2.25. The van der Waals surface area contributed by atoms with Gasteiger partial charge in [0.05, 0.1) is 4.88 Å². The van der Waals surface area contributed by atoms with Crippen molar-refractivity contribution in [2.24, 2.45) is 5.92 Å². The van der Waals surface area contributed by atoms with Gasteiger partial charge in [0, 0.05) is 29.3 Å². The normalized spacial score (nSPS) is 16.8. The number of nitrogens with zero attached hydrogens (tertiary/aromatic N) is 1. The van der Waals surface area contributed by atoms with Crippen LogP contribution in [0.2, 0.25) is 0 Å². The van der Waals surface area contributed by atoms with Crippen molar-refractivity contribution in [1.82, 2.24) is 4.90 Å². The molecule has 0 bridgehead atoms. The number of hydrogen-bond donors (Lipinski definition) is 0. The molecule has 6 heteroatoms. The fourth-order valence-corrected chi connectivity index (χ4v) is 5.05. The van der Waals surface area contributed by atoms with Crippen molar-refractivity contribution < 1.29 is 19.1 Å². The second-order valence-electron chi connectivity index (χ2n) is 7.44. The van der Waals surface area contributed by atoms with Gasteiger partial charge in [-0.2, -0.15) is 0 Å². The smallest absolute Gasteiger partial charge is 0.263 e. The van der Waals surface area contributed by atoms with Gasteiger partial charge >= 0.3 is 0 Å². The van der Waals surface area contributed by atoms with Gasteiger partial charge in [-0.05, 0) is 48.6 Å². The van der Waals surface area contributed by atoms with Crippen LogP contribution < -0.4 is 9.47 Å². The lowest BCUT2D eigenvalue weighted by Gasteiger charge is -2.31. The number of piperidine rings is 1. The molecule has 3 heterocycles. The number of benzene rings is 2. The molecule has 2 aliphatic heterocycles. The topological polar surface area (TPSA) is 55.8 Å². The summed E-state index contributed by atoms with van der Waals surface area (Å²) in [6, 6.07) is 15.4. The minimum atomic E-state index is -0.0657. The van der Waals surface area contributed by atoms with Gasteiger partial charge < -0.3 is 14.4 Å². The van der Waals surface area contributed by atoms with E-state index in [2.05, 4.69) is 0 Å². The monoisotopic (exact) mass is 407 g/mol. The predicted octanol–water partition coefficient (Wildman–Crippen LogP) is 4.41. The molecule has 2 aliphatic rings. The summed E-state index contributed by atoms with van der Waals surface area (Å²) in [4.78, 5) is 28.5. The number of ketones is 1. The molecule has 1 saturated heterocycles. The van der Waals surface area contributed by atoms with Gasteiger partial charge in [-0.25, -0.2) is 0 Å². The lowest BCUT2D eigenvalue weighted by molar-refractivity contribution is 0.0654. The first-order valence-electron chi connectivity index (χ1n) is 9.91. The molecule has 0 saturated carbocycles. The fraction of sp³-hybridized carbons (Fsp3) is 0.304. The summed E-state index contributed by atoms with van der Waals surface area (Å²) in [5, 5.41) is 1.10. The summed E-state index contributed by atoms with van der Waals surface area (Å²) in [5.74, 6) is 1.45. The molecular weight excluding hydrogens is 386 g/mol. The Balaban J connectivity index is 1.25. The molecule has 0 atom stereocenters. The van der Waals surface area contributed by atoms with Crippen LogP contribution in [0.25, 0.3) is 10.1 Å². The number of carbonyl (C=O) groups is 2. The van der Waals surface area contributed by atoms with E-state index in [0.717, 1.165) is 15.0 Å². The molecule has 2 aromatic carbocycles. The summed E-state index contributed by atoms with van der Waals surface area (Å²) >= 11 is 1.53. The maximum atomic E-state index is 13.0. The highest BCUT2D eigenvalue weighted by molar-refractivity contribution is 7.20. The van der Waals surface area contributed by atoms with Crippen LogP contribution in [0.4, 0.5) is 0 Å². The van der Waals surface area contributed by atoms with E-state index in [-0.39, 0.29) is 17.6 Å². The molecule has 1 amide bonds. The third-order valence-electron chi connectivity index (χ3n) is 5.62. The second-order valence-corrected chi connectivity index (χ2v) is 8.52. The number of hydrogen-bond acceptors (Lipinski definition) is 5. The Hall–Kier alpha value is -2.86. The van der Waals surface area contributed by atoms with Gasteiger partial charge in [-0.15, -0.1) is 11.3 Å². The minimum absolute atomic E-state index is 0.0657. The van der Waals surface area contributed by atoms with Gasteiger partial charge in [0.1, 0.15) is 13.2 Å². The molecule has 0 N–H and O–H groups in total. The van der Waals surface area contributed by atoms with Gasteiger partial charge in [-0.3, -0.25) is 9.59 Å². The zero-order valence-corrected chi connectivity index (χ0v) is 16.7. The average Bonchev–Trinajstić information content (AvgIpc) is 3.22. The number of amides is 1. The van der Waals surface area contributed by atoms with E-state index in [0.29, 0.717) is 56.2 Å². The van der Waals surface area contributed by atoms with E-state index in [9.17, 15) is 9.59 Å². The summed E-state index contributed by atoms with van der Waals surface area (Å²) in [5.41, 5.74) is 0.656.